The summed E-state index contributed by atoms with van der Waals surface area (Å²) in [5.74, 6) is -0.418. The molecule has 1 rings (SSSR count). The van der Waals surface area contributed by atoms with Crippen LogP contribution in [-0.4, -0.2) is 22.7 Å². The minimum absolute atomic E-state index is 0.236. The summed E-state index contributed by atoms with van der Waals surface area (Å²) in [6.07, 6.45) is 7.20. The molecule has 0 amide bonds. The van der Waals surface area contributed by atoms with Gasteiger partial charge in [-0.3, -0.25) is 10.1 Å². The van der Waals surface area contributed by atoms with Crippen LogP contribution >= 0.6 is 0 Å². The predicted molar refractivity (Wildman–Crippen MR) is 70.1 cm³/mol. The number of aliphatic carboxylic acids is 1. The Labute approximate surface area is 105 Å². The van der Waals surface area contributed by atoms with E-state index in [4.69, 9.17) is 0 Å². The molecule has 0 saturated heterocycles. The fraction of sp³-hybridized carbons (Fsp3) is 0.929. The summed E-state index contributed by atoms with van der Waals surface area (Å²) in [6.45, 7) is 6.37. The summed E-state index contributed by atoms with van der Waals surface area (Å²) < 4.78 is 0. The highest BCUT2D eigenvalue weighted by molar-refractivity contribution is 5.79. The van der Waals surface area contributed by atoms with Gasteiger partial charge in [0.05, 0.1) is 0 Å². The Morgan fingerprint density at radius 1 is 1.47 bits per heavy atom. The molecule has 1 aliphatic carbocycles. The van der Waals surface area contributed by atoms with E-state index in [9.17, 15) is 9.90 Å². The summed E-state index contributed by atoms with van der Waals surface area (Å²) in [4.78, 5) is 11.7. The van der Waals surface area contributed by atoms with Crippen LogP contribution in [0.1, 0.15) is 65.7 Å². The lowest BCUT2D eigenvalue weighted by Gasteiger charge is -2.42. The van der Waals surface area contributed by atoms with Crippen molar-refractivity contribution in [3.63, 3.8) is 0 Å². The molecule has 17 heavy (non-hydrogen) atoms. The van der Waals surface area contributed by atoms with Gasteiger partial charge in [0.1, 0.15) is 5.54 Å². The molecule has 3 heteroatoms. The van der Waals surface area contributed by atoms with E-state index in [0.29, 0.717) is 6.04 Å². The van der Waals surface area contributed by atoms with Crippen LogP contribution in [0.25, 0.3) is 0 Å². The van der Waals surface area contributed by atoms with Crippen LogP contribution in [0.4, 0.5) is 0 Å². The van der Waals surface area contributed by atoms with Crippen molar-refractivity contribution in [2.45, 2.75) is 77.3 Å². The SMILES string of the molecule is CCCC(CC)NC1(C(=O)O)CCCCC1C. The topological polar surface area (TPSA) is 49.3 Å². The molecule has 3 atom stereocenters. The maximum absolute atomic E-state index is 11.7. The second-order valence-electron chi connectivity index (χ2n) is 5.46. The number of carboxylic acids is 1. The van der Waals surface area contributed by atoms with Crippen molar-refractivity contribution in [2.75, 3.05) is 0 Å². The van der Waals surface area contributed by atoms with Crippen LogP contribution in [-0.2, 0) is 4.79 Å². The van der Waals surface area contributed by atoms with Gasteiger partial charge in [0, 0.05) is 6.04 Å². The Morgan fingerprint density at radius 2 is 2.18 bits per heavy atom. The average molecular weight is 241 g/mol. The summed E-state index contributed by atoms with van der Waals surface area (Å²) >= 11 is 0. The quantitative estimate of drug-likeness (QED) is 0.751. The molecule has 0 spiro atoms. The van der Waals surface area contributed by atoms with Crippen molar-refractivity contribution >= 4 is 5.97 Å². The third kappa shape index (κ3) is 3.21. The van der Waals surface area contributed by atoms with Crippen LogP contribution in [0.15, 0.2) is 0 Å². The van der Waals surface area contributed by atoms with Crippen molar-refractivity contribution in [1.29, 1.82) is 0 Å². The van der Waals surface area contributed by atoms with Gasteiger partial charge >= 0.3 is 5.97 Å². The van der Waals surface area contributed by atoms with Crippen molar-refractivity contribution in [3.05, 3.63) is 0 Å². The molecule has 0 aromatic rings. The number of hydrogen-bond acceptors (Lipinski definition) is 2. The molecule has 2 N–H and O–H groups in total. The number of nitrogens with one attached hydrogen (secondary N) is 1. The lowest BCUT2D eigenvalue weighted by Crippen LogP contribution is -2.61. The first kappa shape index (κ1) is 14.5. The monoisotopic (exact) mass is 241 g/mol. The van der Waals surface area contributed by atoms with Crippen LogP contribution in [0, 0.1) is 5.92 Å². The summed E-state index contributed by atoms with van der Waals surface area (Å²) in [6, 6.07) is 0.344. The first-order valence-corrected chi connectivity index (χ1v) is 7.07. The number of hydrogen-bond donors (Lipinski definition) is 2. The third-order valence-corrected chi connectivity index (χ3v) is 4.27. The molecule has 0 aromatic heterocycles. The van der Waals surface area contributed by atoms with E-state index < -0.39 is 11.5 Å². The molecule has 0 bridgehead atoms. The lowest BCUT2D eigenvalue weighted by molar-refractivity contribution is -0.149. The second-order valence-corrected chi connectivity index (χ2v) is 5.46. The fourth-order valence-corrected chi connectivity index (χ4v) is 3.03. The first-order valence-electron chi connectivity index (χ1n) is 7.07. The van der Waals surface area contributed by atoms with E-state index in [-0.39, 0.29) is 5.92 Å². The summed E-state index contributed by atoms with van der Waals surface area (Å²) in [7, 11) is 0. The third-order valence-electron chi connectivity index (χ3n) is 4.27. The highest BCUT2D eigenvalue weighted by Gasteiger charge is 2.45. The van der Waals surface area contributed by atoms with Crippen LogP contribution < -0.4 is 5.32 Å². The summed E-state index contributed by atoms with van der Waals surface area (Å²) in [5, 5.41) is 13.1. The molecular weight excluding hydrogens is 214 g/mol. The molecular formula is C14H27NO2. The van der Waals surface area contributed by atoms with Crippen molar-refractivity contribution in [3.8, 4) is 0 Å². The Hall–Kier alpha value is -0.570. The average Bonchev–Trinajstić information content (AvgIpc) is 2.31. The number of rotatable bonds is 6. The minimum atomic E-state index is -0.673. The standard InChI is InChI=1S/C14H27NO2/c1-4-8-12(5-2)15-14(13(16)17)10-7-6-9-11(14)3/h11-12,15H,4-10H2,1-3H3,(H,16,17). The minimum Gasteiger partial charge on any atom is -0.480 e. The van der Waals surface area contributed by atoms with Gasteiger partial charge in [0.2, 0.25) is 0 Å². The first-order chi connectivity index (χ1) is 8.06. The maximum atomic E-state index is 11.7. The number of carbonyl (C=O) groups is 1. The molecule has 3 unspecified atom stereocenters. The molecule has 1 saturated carbocycles. The van der Waals surface area contributed by atoms with Gasteiger partial charge in [-0.05, 0) is 31.6 Å². The van der Waals surface area contributed by atoms with Gasteiger partial charge in [-0.15, -0.1) is 0 Å². The van der Waals surface area contributed by atoms with E-state index in [2.05, 4.69) is 26.1 Å². The highest BCUT2D eigenvalue weighted by atomic mass is 16.4. The van der Waals surface area contributed by atoms with E-state index >= 15 is 0 Å². The molecule has 3 nitrogen and oxygen atoms in total. The Balaban J connectivity index is 2.79. The van der Waals surface area contributed by atoms with Crippen molar-refractivity contribution in [1.82, 2.24) is 5.32 Å². The maximum Gasteiger partial charge on any atom is 0.324 e. The van der Waals surface area contributed by atoms with Crippen molar-refractivity contribution < 1.29 is 9.90 Å². The summed E-state index contributed by atoms with van der Waals surface area (Å²) in [5.41, 5.74) is -0.673. The highest BCUT2D eigenvalue weighted by Crippen LogP contribution is 2.34. The van der Waals surface area contributed by atoms with Gasteiger partial charge in [0.25, 0.3) is 0 Å². The van der Waals surface area contributed by atoms with Gasteiger partial charge in [-0.2, -0.15) is 0 Å². The molecule has 0 radical (unpaired) electrons. The predicted octanol–water partition coefficient (Wildman–Crippen LogP) is 3.19. The normalized spacial score (nSPS) is 31.1. The lowest BCUT2D eigenvalue weighted by atomic mass is 9.73. The van der Waals surface area contributed by atoms with E-state index in [1.54, 1.807) is 0 Å². The number of carboxylic acid groups (broad SMARTS) is 1. The zero-order valence-electron chi connectivity index (χ0n) is 11.5. The molecule has 0 aromatic carbocycles. The van der Waals surface area contributed by atoms with E-state index in [1.165, 1.54) is 6.42 Å². The van der Waals surface area contributed by atoms with Crippen LogP contribution in [0.5, 0.6) is 0 Å². The Bertz CT molecular complexity index is 255. The zero-order chi connectivity index (χ0) is 12.9. The Morgan fingerprint density at radius 3 is 2.65 bits per heavy atom. The molecule has 1 fully saturated rings. The van der Waals surface area contributed by atoms with Crippen LogP contribution in [0.3, 0.4) is 0 Å². The zero-order valence-corrected chi connectivity index (χ0v) is 11.5. The van der Waals surface area contributed by atoms with Gasteiger partial charge in [-0.25, -0.2) is 0 Å². The fourth-order valence-electron chi connectivity index (χ4n) is 3.03. The van der Waals surface area contributed by atoms with E-state index in [1.807, 2.05) is 0 Å². The smallest absolute Gasteiger partial charge is 0.324 e. The second kappa shape index (κ2) is 6.39. The Kier molecular flexibility index (Phi) is 5.44. The molecule has 0 aliphatic heterocycles. The van der Waals surface area contributed by atoms with E-state index in [0.717, 1.165) is 38.5 Å². The molecule has 0 heterocycles. The van der Waals surface area contributed by atoms with Gasteiger partial charge in [0.15, 0.2) is 0 Å². The largest absolute Gasteiger partial charge is 0.480 e. The molecule has 100 valence electrons. The van der Waals surface area contributed by atoms with Crippen molar-refractivity contribution in [2.24, 2.45) is 5.92 Å². The van der Waals surface area contributed by atoms with Crippen LogP contribution in [0.2, 0.25) is 0 Å². The van der Waals surface area contributed by atoms with Gasteiger partial charge in [-0.1, -0.05) is 40.0 Å². The van der Waals surface area contributed by atoms with Gasteiger partial charge < -0.3 is 5.11 Å². The molecule has 1 aliphatic rings.